The minimum atomic E-state index is -0.578. The first kappa shape index (κ1) is 26.3. The van der Waals surface area contributed by atoms with Crippen molar-refractivity contribution in [2.45, 2.75) is 119 Å². The molecule has 0 amide bonds. The molecule has 0 unspecified atom stereocenters. The summed E-state index contributed by atoms with van der Waals surface area (Å²) >= 11 is 0. The summed E-state index contributed by atoms with van der Waals surface area (Å²) in [5.41, 5.74) is 1.30. The van der Waals surface area contributed by atoms with Crippen LogP contribution in [0.3, 0.4) is 0 Å². The fourth-order valence-electron chi connectivity index (χ4n) is 11.2. The van der Waals surface area contributed by atoms with E-state index in [1.165, 1.54) is 12.0 Å². The van der Waals surface area contributed by atoms with Crippen molar-refractivity contribution in [2.75, 3.05) is 0 Å². The number of rotatable bonds is 2. The van der Waals surface area contributed by atoms with Gasteiger partial charge in [-0.15, -0.1) is 0 Å². The molecular weight excluding hydrogens is 448 g/mol. The Balaban J connectivity index is 1.56. The molecule has 36 heavy (non-hydrogen) atoms. The quantitative estimate of drug-likeness (QED) is 0.313. The average molecular weight is 499 g/mol. The molecule has 1 N–H and O–H groups in total. The van der Waals surface area contributed by atoms with E-state index in [0.717, 1.165) is 51.4 Å². The highest BCUT2D eigenvalue weighted by molar-refractivity contribution is 5.76. The van der Waals surface area contributed by atoms with E-state index in [4.69, 9.17) is 4.74 Å². The van der Waals surface area contributed by atoms with Crippen molar-refractivity contribution in [1.29, 1.82) is 0 Å². The van der Waals surface area contributed by atoms with Crippen LogP contribution < -0.4 is 0 Å². The third-order valence-electron chi connectivity index (χ3n) is 13.7. The Labute approximate surface area is 219 Å². The highest BCUT2D eigenvalue weighted by Gasteiger charge is 2.69. The summed E-state index contributed by atoms with van der Waals surface area (Å²) < 4.78 is 5.88. The van der Waals surface area contributed by atoms with Crippen molar-refractivity contribution in [2.24, 2.45) is 56.7 Å². The molecule has 5 aliphatic rings. The Morgan fingerprint density at radius 2 is 1.61 bits per heavy atom. The molecule has 0 bridgehead atoms. The topological polar surface area (TPSA) is 63.6 Å². The lowest BCUT2D eigenvalue weighted by Gasteiger charge is -2.71. The number of ether oxygens (including phenoxy) is 1. The summed E-state index contributed by atoms with van der Waals surface area (Å²) in [5, 5.41) is 10.6. The van der Waals surface area contributed by atoms with Gasteiger partial charge in [-0.2, -0.15) is 0 Å². The van der Waals surface area contributed by atoms with Crippen LogP contribution in [-0.4, -0.2) is 23.1 Å². The first-order valence-corrected chi connectivity index (χ1v) is 14.8. The van der Waals surface area contributed by atoms with Crippen molar-refractivity contribution < 1.29 is 19.4 Å². The zero-order valence-corrected chi connectivity index (χ0v) is 24.1. The molecule has 4 heteroatoms. The molecule has 10 atom stereocenters. The maximum atomic E-state index is 12.9. The Bertz CT molecular complexity index is 981. The molecule has 0 aromatic carbocycles. The number of carboxylic acid groups (broad SMARTS) is 1. The van der Waals surface area contributed by atoms with Gasteiger partial charge in [0.1, 0.15) is 6.10 Å². The van der Waals surface area contributed by atoms with Gasteiger partial charge in [0.2, 0.25) is 0 Å². The van der Waals surface area contributed by atoms with Gasteiger partial charge < -0.3 is 9.84 Å². The zero-order valence-electron chi connectivity index (χ0n) is 24.1. The largest absolute Gasteiger partial charge is 0.481 e. The smallest absolute Gasteiger partial charge is 0.310 e. The molecule has 0 aliphatic heterocycles. The van der Waals surface area contributed by atoms with Crippen LogP contribution in [0.2, 0.25) is 0 Å². The monoisotopic (exact) mass is 498 g/mol. The van der Waals surface area contributed by atoms with E-state index in [0.29, 0.717) is 23.7 Å². The normalized spacial score (nSPS) is 51.5. The number of hydrogen-bond acceptors (Lipinski definition) is 3. The van der Waals surface area contributed by atoms with E-state index < -0.39 is 11.4 Å². The van der Waals surface area contributed by atoms with Gasteiger partial charge in [0, 0.05) is 12.3 Å². The summed E-state index contributed by atoms with van der Waals surface area (Å²) in [7, 11) is 0. The van der Waals surface area contributed by atoms with Crippen LogP contribution in [0.5, 0.6) is 0 Å². The number of carboxylic acids is 1. The molecule has 5 rings (SSSR count). The lowest BCUT2D eigenvalue weighted by Crippen LogP contribution is -2.65. The lowest BCUT2D eigenvalue weighted by molar-refractivity contribution is -0.214. The van der Waals surface area contributed by atoms with Gasteiger partial charge in [-0.05, 0) is 104 Å². The fraction of sp³-hybridized carbons (Fsp3) is 0.875. The van der Waals surface area contributed by atoms with Gasteiger partial charge in [0.05, 0.1) is 5.41 Å². The molecule has 0 spiro atoms. The number of carbonyl (C=O) groups is 2. The van der Waals surface area contributed by atoms with Crippen molar-refractivity contribution in [3.63, 3.8) is 0 Å². The van der Waals surface area contributed by atoms with Gasteiger partial charge in [-0.3, -0.25) is 9.59 Å². The molecule has 4 fully saturated rings. The number of fused-ring (bicyclic) bond motifs is 7. The van der Waals surface area contributed by atoms with Crippen molar-refractivity contribution in [3.05, 3.63) is 11.6 Å². The number of carbonyl (C=O) groups excluding carboxylic acids is 1. The van der Waals surface area contributed by atoms with Crippen LogP contribution in [0, 0.1) is 56.7 Å². The summed E-state index contributed by atoms with van der Waals surface area (Å²) in [6.45, 7) is 18.5. The molecule has 0 aromatic rings. The van der Waals surface area contributed by atoms with Gasteiger partial charge in [0.25, 0.3) is 0 Å². The molecule has 4 nitrogen and oxygen atoms in total. The molecule has 5 aliphatic carbocycles. The zero-order chi connectivity index (χ0) is 26.5. The van der Waals surface area contributed by atoms with E-state index in [9.17, 15) is 14.7 Å². The lowest BCUT2D eigenvalue weighted by atomic mass is 9.33. The van der Waals surface area contributed by atoms with Crippen LogP contribution in [0.4, 0.5) is 0 Å². The molecule has 0 aromatic heterocycles. The minimum Gasteiger partial charge on any atom is -0.481 e. The highest BCUT2D eigenvalue weighted by atomic mass is 16.5. The van der Waals surface area contributed by atoms with E-state index in [-0.39, 0.29) is 39.7 Å². The minimum absolute atomic E-state index is 0.00171. The summed E-state index contributed by atoms with van der Waals surface area (Å²) in [6, 6.07) is 0. The number of hydrogen-bond donors (Lipinski definition) is 1. The van der Waals surface area contributed by atoms with Crippen LogP contribution >= 0.6 is 0 Å². The maximum Gasteiger partial charge on any atom is 0.310 e. The third-order valence-corrected chi connectivity index (χ3v) is 13.7. The van der Waals surface area contributed by atoms with E-state index >= 15 is 0 Å². The van der Waals surface area contributed by atoms with Crippen molar-refractivity contribution >= 4 is 11.9 Å². The number of esters is 1. The molecule has 0 saturated heterocycles. The SMILES string of the molecule is CC(=O)O[C@H]1CC[C@]2(C)[C@H]3CC=C4[C@H]5[C@@H](C)[C@@H](C)CC[C@]5(C(=O)O)CC[C@@]4(C)[C@]3(C)CC[C@H]2C1(C)C. The first-order valence-electron chi connectivity index (χ1n) is 14.8. The molecule has 0 radical (unpaired) electrons. The first-order chi connectivity index (χ1) is 16.6. The second kappa shape index (κ2) is 8.09. The summed E-state index contributed by atoms with van der Waals surface area (Å²) in [6.07, 6.45) is 11.7. The van der Waals surface area contributed by atoms with Gasteiger partial charge in [0.15, 0.2) is 0 Å². The van der Waals surface area contributed by atoms with E-state index in [1.807, 2.05) is 0 Å². The summed E-state index contributed by atoms with van der Waals surface area (Å²) in [4.78, 5) is 24.7. The van der Waals surface area contributed by atoms with E-state index in [1.54, 1.807) is 6.92 Å². The molecular formula is C32H50O4. The highest BCUT2D eigenvalue weighted by Crippen LogP contribution is 2.75. The average Bonchev–Trinajstić information content (AvgIpc) is 2.78. The molecule has 202 valence electrons. The van der Waals surface area contributed by atoms with Gasteiger partial charge >= 0.3 is 11.9 Å². The summed E-state index contributed by atoms with van der Waals surface area (Å²) in [5.74, 6) is 1.53. The standard InChI is InChI=1S/C32H50O4/c1-19-11-16-32(27(34)35)18-17-30(7)22(26(32)20(19)2)9-10-24-29(6)14-13-25(36-21(3)33)28(4,5)23(29)12-15-31(24,30)8/h9,19-20,23-26H,10-18H2,1-8H3,(H,34,35)/t19-,20-,23-,24+,25-,26+,29-,30+,31+,32-/m0/s1. The van der Waals surface area contributed by atoms with E-state index in [2.05, 4.69) is 54.5 Å². The van der Waals surface area contributed by atoms with Crippen LogP contribution in [0.25, 0.3) is 0 Å². The molecule has 4 saturated carbocycles. The Kier molecular flexibility index (Phi) is 5.91. The van der Waals surface area contributed by atoms with Crippen molar-refractivity contribution in [3.8, 4) is 0 Å². The number of aliphatic carboxylic acids is 1. The van der Waals surface area contributed by atoms with Crippen LogP contribution in [-0.2, 0) is 14.3 Å². The Morgan fingerprint density at radius 1 is 0.917 bits per heavy atom. The predicted octanol–water partition coefficient (Wildman–Crippen LogP) is 7.66. The van der Waals surface area contributed by atoms with Crippen LogP contribution in [0.15, 0.2) is 11.6 Å². The fourth-order valence-corrected chi connectivity index (χ4v) is 11.2. The van der Waals surface area contributed by atoms with Crippen molar-refractivity contribution in [1.82, 2.24) is 0 Å². The van der Waals surface area contributed by atoms with Gasteiger partial charge in [-0.1, -0.05) is 60.1 Å². The van der Waals surface area contributed by atoms with Gasteiger partial charge in [-0.25, -0.2) is 0 Å². The Morgan fingerprint density at radius 3 is 2.25 bits per heavy atom. The Hall–Kier alpha value is -1.32. The molecule has 0 heterocycles. The van der Waals surface area contributed by atoms with Crippen LogP contribution in [0.1, 0.15) is 113 Å². The second-order valence-electron chi connectivity index (χ2n) is 15.1. The number of allylic oxidation sites excluding steroid dienone is 2. The predicted molar refractivity (Wildman–Crippen MR) is 142 cm³/mol. The maximum absolute atomic E-state index is 12.9. The second-order valence-corrected chi connectivity index (χ2v) is 15.1. The third kappa shape index (κ3) is 3.17.